The normalized spacial score (nSPS) is 17.7. The second-order valence-corrected chi connectivity index (χ2v) is 8.50. The summed E-state index contributed by atoms with van der Waals surface area (Å²) in [5.41, 5.74) is 2.99. The Hall–Kier alpha value is -3.30. The summed E-state index contributed by atoms with van der Waals surface area (Å²) in [6.45, 7) is 1.03. The molecule has 2 amide bonds. The van der Waals surface area contributed by atoms with Gasteiger partial charge in [-0.25, -0.2) is 4.98 Å². The summed E-state index contributed by atoms with van der Waals surface area (Å²) in [4.78, 5) is 35.6. The molecule has 8 nitrogen and oxygen atoms in total. The van der Waals surface area contributed by atoms with E-state index in [9.17, 15) is 9.59 Å². The number of aromatic nitrogens is 2. The molecule has 1 saturated heterocycles. The number of nitrogens with one attached hydrogen (secondary N) is 1. The fourth-order valence-electron chi connectivity index (χ4n) is 3.78. The van der Waals surface area contributed by atoms with E-state index in [4.69, 9.17) is 14.5 Å². The van der Waals surface area contributed by atoms with Gasteiger partial charge in [-0.3, -0.25) is 19.5 Å². The number of carbonyl (C=O) groups excluding carboxylic acids is 2. The molecule has 9 heteroatoms. The Bertz CT molecular complexity index is 1130. The van der Waals surface area contributed by atoms with Crippen molar-refractivity contribution in [1.82, 2.24) is 15.3 Å². The molecule has 3 aromatic rings. The predicted octanol–water partition coefficient (Wildman–Crippen LogP) is 2.89. The summed E-state index contributed by atoms with van der Waals surface area (Å²) in [6, 6.07) is 11.3. The molecule has 0 radical (unpaired) electrons. The molecular formula is C23H22N4O4S. The van der Waals surface area contributed by atoms with Crippen molar-refractivity contribution in [2.24, 2.45) is 0 Å². The predicted molar refractivity (Wildman–Crippen MR) is 121 cm³/mol. The van der Waals surface area contributed by atoms with Gasteiger partial charge in [-0.15, -0.1) is 11.3 Å². The number of benzene rings is 1. The fraction of sp³-hybridized carbons (Fsp3) is 0.304. The molecule has 2 aliphatic heterocycles. The Kier molecular flexibility index (Phi) is 5.83. The van der Waals surface area contributed by atoms with E-state index < -0.39 is 0 Å². The molecule has 1 fully saturated rings. The van der Waals surface area contributed by atoms with E-state index in [0.717, 1.165) is 41.4 Å². The minimum Gasteiger partial charge on any atom is -0.482 e. The Labute approximate surface area is 189 Å². The lowest BCUT2D eigenvalue weighted by Crippen LogP contribution is -2.46. The largest absolute Gasteiger partial charge is 0.482 e. The maximum absolute atomic E-state index is 12.6. The van der Waals surface area contributed by atoms with Crippen LogP contribution in [-0.2, 0) is 14.3 Å². The quantitative estimate of drug-likeness (QED) is 0.621. The van der Waals surface area contributed by atoms with Gasteiger partial charge >= 0.3 is 0 Å². The number of rotatable bonds is 6. The Morgan fingerprint density at radius 3 is 3.00 bits per heavy atom. The molecule has 4 heterocycles. The van der Waals surface area contributed by atoms with Gasteiger partial charge in [0.05, 0.1) is 23.2 Å². The van der Waals surface area contributed by atoms with E-state index in [-0.39, 0.29) is 31.1 Å². The maximum atomic E-state index is 12.6. The first-order chi connectivity index (χ1) is 15.7. The van der Waals surface area contributed by atoms with Crippen molar-refractivity contribution in [3.05, 3.63) is 48.0 Å². The van der Waals surface area contributed by atoms with Crippen LogP contribution in [0.15, 0.2) is 48.0 Å². The Morgan fingerprint density at radius 1 is 1.25 bits per heavy atom. The van der Waals surface area contributed by atoms with Crippen LogP contribution in [0.3, 0.4) is 0 Å². The van der Waals surface area contributed by atoms with Crippen molar-refractivity contribution in [2.75, 3.05) is 31.2 Å². The minimum atomic E-state index is -0.255. The second kappa shape index (κ2) is 9.05. The van der Waals surface area contributed by atoms with Gasteiger partial charge in [0, 0.05) is 30.3 Å². The third kappa shape index (κ3) is 4.35. The molecule has 5 rings (SSSR count). The number of hydrogen-bond acceptors (Lipinski definition) is 7. The van der Waals surface area contributed by atoms with Gasteiger partial charge < -0.3 is 14.8 Å². The van der Waals surface area contributed by atoms with Crippen LogP contribution in [0.4, 0.5) is 5.69 Å². The highest BCUT2D eigenvalue weighted by molar-refractivity contribution is 7.13. The van der Waals surface area contributed by atoms with Crippen molar-refractivity contribution >= 4 is 28.8 Å². The number of fused-ring (bicyclic) bond motifs is 1. The van der Waals surface area contributed by atoms with Gasteiger partial charge in [-0.1, -0.05) is 6.07 Å². The van der Waals surface area contributed by atoms with E-state index in [1.165, 1.54) is 16.2 Å². The van der Waals surface area contributed by atoms with Crippen LogP contribution in [0.1, 0.15) is 12.8 Å². The molecule has 164 valence electrons. The number of amides is 2. The standard InChI is InChI=1S/C23H22N4O4S/c28-21(25-11-16-4-3-9-30-16)12-27-19-10-15(6-7-20(19)31-13-22(27)29)18-14-32-23(26-18)17-5-1-2-8-24-17/h1-2,5-8,10,14,16H,3-4,9,11-13H2,(H,25,28). The molecule has 0 spiro atoms. The van der Waals surface area contributed by atoms with E-state index in [0.29, 0.717) is 18.0 Å². The summed E-state index contributed by atoms with van der Waals surface area (Å²) >= 11 is 1.50. The first-order valence-electron chi connectivity index (χ1n) is 10.5. The summed E-state index contributed by atoms with van der Waals surface area (Å²) in [5.74, 6) is 0.0908. The highest BCUT2D eigenvalue weighted by Crippen LogP contribution is 2.37. The van der Waals surface area contributed by atoms with Crippen LogP contribution in [0.5, 0.6) is 5.75 Å². The minimum absolute atomic E-state index is 0.0520. The molecule has 1 N–H and O–H groups in total. The SMILES string of the molecule is O=C(CN1C(=O)COc2ccc(-c3csc(-c4ccccn4)n3)cc21)NCC1CCCO1. The van der Waals surface area contributed by atoms with Crippen molar-refractivity contribution in [3.8, 4) is 27.7 Å². The number of thiazole rings is 1. The second-order valence-electron chi connectivity index (χ2n) is 7.64. The lowest BCUT2D eigenvalue weighted by atomic mass is 10.1. The summed E-state index contributed by atoms with van der Waals surface area (Å²) in [7, 11) is 0. The first kappa shape index (κ1) is 20.6. The van der Waals surface area contributed by atoms with Crippen LogP contribution in [0.2, 0.25) is 0 Å². The summed E-state index contributed by atoms with van der Waals surface area (Å²) in [6.07, 6.45) is 3.74. The molecule has 32 heavy (non-hydrogen) atoms. The van der Waals surface area contributed by atoms with Gasteiger partial charge in [0.15, 0.2) is 6.61 Å². The first-order valence-corrected chi connectivity index (χ1v) is 11.4. The summed E-state index contributed by atoms with van der Waals surface area (Å²) in [5, 5.41) is 5.64. The average Bonchev–Trinajstić information content (AvgIpc) is 3.52. The number of hydrogen-bond donors (Lipinski definition) is 1. The zero-order chi connectivity index (χ0) is 21.9. The number of nitrogens with zero attached hydrogens (tertiary/aromatic N) is 3. The van der Waals surface area contributed by atoms with Gasteiger partial charge in [0.1, 0.15) is 17.3 Å². The topological polar surface area (TPSA) is 93.7 Å². The molecule has 1 unspecified atom stereocenters. The zero-order valence-electron chi connectivity index (χ0n) is 17.3. The molecule has 1 atom stereocenters. The number of ether oxygens (including phenoxy) is 2. The molecular weight excluding hydrogens is 428 g/mol. The lowest BCUT2D eigenvalue weighted by molar-refractivity contribution is -0.125. The van der Waals surface area contributed by atoms with Crippen LogP contribution in [-0.4, -0.2) is 54.2 Å². The maximum Gasteiger partial charge on any atom is 0.265 e. The molecule has 2 aromatic heterocycles. The van der Waals surface area contributed by atoms with Crippen LogP contribution in [0.25, 0.3) is 22.0 Å². The van der Waals surface area contributed by atoms with E-state index >= 15 is 0 Å². The number of pyridine rings is 1. The highest BCUT2D eigenvalue weighted by atomic mass is 32.1. The van der Waals surface area contributed by atoms with Crippen molar-refractivity contribution in [1.29, 1.82) is 0 Å². The van der Waals surface area contributed by atoms with Gasteiger partial charge in [-0.05, 0) is 43.2 Å². The Balaban J connectivity index is 1.35. The lowest BCUT2D eigenvalue weighted by Gasteiger charge is -2.29. The average molecular weight is 451 g/mol. The Morgan fingerprint density at radius 2 is 2.19 bits per heavy atom. The molecule has 1 aromatic carbocycles. The van der Waals surface area contributed by atoms with Crippen LogP contribution in [0, 0.1) is 0 Å². The van der Waals surface area contributed by atoms with E-state index in [1.54, 1.807) is 6.20 Å². The fourth-order valence-corrected chi connectivity index (χ4v) is 4.59. The zero-order valence-corrected chi connectivity index (χ0v) is 18.1. The van der Waals surface area contributed by atoms with E-state index in [2.05, 4.69) is 10.3 Å². The van der Waals surface area contributed by atoms with Gasteiger partial charge in [-0.2, -0.15) is 0 Å². The molecule has 0 aliphatic carbocycles. The molecule has 0 saturated carbocycles. The summed E-state index contributed by atoms with van der Waals surface area (Å²) < 4.78 is 11.1. The molecule has 0 bridgehead atoms. The van der Waals surface area contributed by atoms with Crippen LogP contribution >= 0.6 is 11.3 Å². The smallest absolute Gasteiger partial charge is 0.265 e. The van der Waals surface area contributed by atoms with Gasteiger partial charge in [0.2, 0.25) is 5.91 Å². The third-order valence-corrected chi connectivity index (χ3v) is 6.30. The highest BCUT2D eigenvalue weighted by Gasteiger charge is 2.28. The van der Waals surface area contributed by atoms with Crippen LogP contribution < -0.4 is 15.0 Å². The van der Waals surface area contributed by atoms with Gasteiger partial charge in [0.25, 0.3) is 5.91 Å². The monoisotopic (exact) mass is 450 g/mol. The third-order valence-electron chi connectivity index (χ3n) is 5.44. The number of anilines is 1. The molecule has 2 aliphatic rings. The van der Waals surface area contributed by atoms with Crippen molar-refractivity contribution in [3.63, 3.8) is 0 Å². The van der Waals surface area contributed by atoms with Crippen molar-refractivity contribution in [2.45, 2.75) is 18.9 Å². The van der Waals surface area contributed by atoms with E-state index in [1.807, 2.05) is 41.8 Å². The number of carbonyl (C=O) groups is 2. The van der Waals surface area contributed by atoms with Crippen molar-refractivity contribution < 1.29 is 19.1 Å².